The molecule has 1 N–H and O–H groups in total. The van der Waals surface area contributed by atoms with Gasteiger partial charge in [0.1, 0.15) is 18.2 Å². The lowest BCUT2D eigenvalue weighted by Gasteiger charge is -2.37. The molecule has 0 bridgehead atoms. The molecule has 1 heterocycles. The smallest absolute Gasteiger partial charge is 0.182 e. The van der Waals surface area contributed by atoms with Crippen LogP contribution in [0, 0.1) is 5.82 Å². The molecule has 0 amide bonds. The van der Waals surface area contributed by atoms with E-state index in [0.717, 1.165) is 42.8 Å². The second kappa shape index (κ2) is 10.3. The molecule has 3 rings (SSSR count). The highest BCUT2D eigenvalue weighted by molar-refractivity contribution is 5.27. The number of rotatable bonds is 9. The molecule has 0 atom stereocenters. The zero-order chi connectivity index (χ0) is 20.6. The number of hydrogen-bond acceptors (Lipinski definition) is 4. The minimum atomic E-state index is -0.220. The van der Waals surface area contributed by atoms with Crippen molar-refractivity contribution in [2.24, 2.45) is 0 Å². The van der Waals surface area contributed by atoms with Crippen molar-refractivity contribution in [3.05, 3.63) is 77.9 Å². The second-order valence-electron chi connectivity index (χ2n) is 7.73. The van der Waals surface area contributed by atoms with Crippen LogP contribution in [-0.4, -0.2) is 30.1 Å². The molecule has 0 radical (unpaired) electrons. The van der Waals surface area contributed by atoms with Gasteiger partial charge in [-0.1, -0.05) is 24.3 Å². The molecule has 156 valence electrons. The van der Waals surface area contributed by atoms with E-state index in [1.807, 2.05) is 50.2 Å². The summed E-state index contributed by atoms with van der Waals surface area (Å²) < 4.78 is 25.0. The first-order chi connectivity index (χ1) is 14.0. The maximum Gasteiger partial charge on any atom is 0.182 e. The van der Waals surface area contributed by atoms with E-state index in [4.69, 9.17) is 9.47 Å². The van der Waals surface area contributed by atoms with Gasteiger partial charge in [-0.2, -0.15) is 0 Å². The van der Waals surface area contributed by atoms with Gasteiger partial charge in [-0.3, -0.25) is 0 Å². The highest BCUT2D eigenvalue weighted by Gasteiger charge is 2.23. The standard InChI is InChI=1S/C24H31FN2O2/c1-18(2)29-24-10-6-21(7-11-24)17-28-19(3)27(23-12-14-26-15-13-23)16-20-4-8-22(25)9-5-20/h4-11,18,23,26H,3,12-17H2,1-2H3. The Morgan fingerprint density at radius 1 is 1.07 bits per heavy atom. The molecule has 1 aliphatic rings. The topological polar surface area (TPSA) is 33.7 Å². The number of nitrogens with zero attached hydrogens (tertiary/aromatic N) is 1. The summed E-state index contributed by atoms with van der Waals surface area (Å²) in [6.07, 6.45) is 2.22. The maximum absolute atomic E-state index is 13.3. The highest BCUT2D eigenvalue weighted by atomic mass is 19.1. The van der Waals surface area contributed by atoms with Crippen LogP contribution in [-0.2, 0) is 17.9 Å². The average molecular weight is 399 g/mol. The van der Waals surface area contributed by atoms with Gasteiger partial charge in [0.2, 0.25) is 0 Å². The first-order valence-corrected chi connectivity index (χ1v) is 10.3. The number of ether oxygens (including phenoxy) is 2. The van der Waals surface area contributed by atoms with Crippen LogP contribution in [0.15, 0.2) is 61.0 Å². The maximum atomic E-state index is 13.3. The number of hydrogen-bond donors (Lipinski definition) is 1. The zero-order valence-electron chi connectivity index (χ0n) is 17.4. The van der Waals surface area contributed by atoms with Crippen molar-refractivity contribution < 1.29 is 13.9 Å². The minimum Gasteiger partial charge on any atom is -0.491 e. The van der Waals surface area contributed by atoms with Gasteiger partial charge in [0.05, 0.1) is 6.10 Å². The zero-order valence-corrected chi connectivity index (χ0v) is 17.4. The molecule has 2 aromatic carbocycles. The second-order valence-corrected chi connectivity index (χ2v) is 7.73. The van der Waals surface area contributed by atoms with Gasteiger partial charge in [-0.05, 0) is 81.7 Å². The Balaban J connectivity index is 1.63. The van der Waals surface area contributed by atoms with Crippen LogP contribution in [0.4, 0.5) is 4.39 Å². The first-order valence-electron chi connectivity index (χ1n) is 10.3. The van der Waals surface area contributed by atoms with E-state index in [2.05, 4.69) is 16.8 Å². The molecule has 0 spiro atoms. The third-order valence-corrected chi connectivity index (χ3v) is 5.04. The van der Waals surface area contributed by atoms with Gasteiger partial charge in [0.25, 0.3) is 0 Å². The lowest BCUT2D eigenvalue weighted by molar-refractivity contribution is 0.0618. The molecular formula is C24H31FN2O2. The number of nitrogens with one attached hydrogen (secondary N) is 1. The van der Waals surface area contributed by atoms with Gasteiger partial charge in [-0.15, -0.1) is 0 Å². The Morgan fingerprint density at radius 3 is 2.31 bits per heavy atom. The summed E-state index contributed by atoms with van der Waals surface area (Å²) >= 11 is 0. The Bertz CT molecular complexity index is 768. The molecule has 1 aliphatic heterocycles. The van der Waals surface area contributed by atoms with E-state index in [9.17, 15) is 4.39 Å². The van der Waals surface area contributed by atoms with E-state index in [1.54, 1.807) is 0 Å². The van der Waals surface area contributed by atoms with Crippen LogP contribution in [0.5, 0.6) is 5.75 Å². The summed E-state index contributed by atoms with van der Waals surface area (Å²) in [6, 6.07) is 15.0. The Hall–Kier alpha value is -2.53. The third kappa shape index (κ3) is 6.50. The molecule has 0 saturated carbocycles. The van der Waals surface area contributed by atoms with Crippen LogP contribution in [0.2, 0.25) is 0 Å². The van der Waals surface area contributed by atoms with Crippen molar-refractivity contribution in [2.45, 2.75) is 52.0 Å². The highest BCUT2D eigenvalue weighted by Crippen LogP contribution is 2.22. The fraction of sp³-hybridized carbons (Fsp3) is 0.417. The van der Waals surface area contributed by atoms with Crippen LogP contribution in [0.25, 0.3) is 0 Å². The van der Waals surface area contributed by atoms with E-state index in [-0.39, 0.29) is 11.9 Å². The summed E-state index contributed by atoms with van der Waals surface area (Å²) in [6.45, 7) is 11.3. The largest absolute Gasteiger partial charge is 0.491 e. The quantitative estimate of drug-likeness (QED) is 0.612. The molecule has 29 heavy (non-hydrogen) atoms. The van der Waals surface area contributed by atoms with Gasteiger partial charge in [0.15, 0.2) is 5.88 Å². The van der Waals surface area contributed by atoms with Crippen LogP contribution >= 0.6 is 0 Å². The minimum absolute atomic E-state index is 0.155. The van der Waals surface area contributed by atoms with Gasteiger partial charge in [0, 0.05) is 12.6 Å². The van der Waals surface area contributed by atoms with E-state index in [0.29, 0.717) is 25.1 Å². The fourth-order valence-corrected chi connectivity index (χ4v) is 3.51. The molecule has 4 nitrogen and oxygen atoms in total. The normalized spacial score (nSPS) is 14.6. The van der Waals surface area contributed by atoms with Gasteiger partial charge in [-0.25, -0.2) is 4.39 Å². The molecule has 0 aromatic heterocycles. The summed E-state index contributed by atoms with van der Waals surface area (Å²) in [5, 5.41) is 3.40. The summed E-state index contributed by atoms with van der Waals surface area (Å²) in [4.78, 5) is 2.21. The Kier molecular flexibility index (Phi) is 7.53. The molecule has 1 saturated heterocycles. The molecule has 0 aliphatic carbocycles. The fourth-order valence-electron chi connectivity index (χ4n) is 3.51. The molecular weight excluding hydrogens is 367 g/mol. The number of benzene rings is 2. The first kappa shape index (κ1) is 21.2. The SMILES string of the molecule is C=C(OCc1ccc(OC(C)C)cc1)N(Cc1ccc(F)cc1)C1CCNCC1. The van der Waals surface area contributed by atoms with Crippen molar-refractivity contribution in [3.8, 4) is 5.75 Å². The lowest BCUT2D eigenvalue weighted by Crippen LogP contribution is -2.42. The third-order valence-electron chi connectivity index (χ3n) is 5.04. The molecule has 0 unspecified atom stereocenters. The number of halogens is 1. The predicted octanol–water partition coefficient (Wildman–Crippen LogP) is 4.85. The van der Waals surface area contributed by atoms with Gasteiger partial charge >= 0.3 is 0 Å². The summed E-state index contributed by atoms with van der Waals surface area (Å²) in [5.41, 5.74) is 2.11. The van der Waals surface area contributed by atoms with E-state index in [1.165, 1.54) is 12.1 Å². The Labute approximate surface area is 173 Å². The van der Waals surface area contributed by atoms with Crippen molar-refractivity contribution in [3.63, 3.8) is 0 Å². The average Bonchev–Trinajstić information content (AvgIpc) is 2.73. The van der Waals surface area contributed by atoms with Crippen molar-refractivity contribution in [2.75, 3.05) is 13.1 Å². The number of piperidine rings is 1. The van der Waals surface area contributed by atoms with E-state index >= 15 is 0 Å². The lowest BCUT2D eigenvalue weighted by atomic mass is 10.0. The van der Waals surface area contributed by atoms with E-state index < -0.39 is 0 Å². The van der Waals surface area contributed by atoms with Gasteiger partial charge < -0.3 is 19.7 Å². The van der Waals surface area contributed by atoms with Crippen LogP contribution in [0.3, 0.4) is 0 Å². The summed E-state index contributed by atoms with van der Waals surface area (Å²) in [7, 11) is 0. The molecule has 2 aromatic rings. The summed E-state index contributed by atoms with van der Waals surface area (Å²) in [5.74, 6) is 1.29. The van der Waals surface area contributed by atoms with Crippen molar-refractivity contribution in [1.29, 1.82) is 0 Å². The van der Waals surface area contributed by atoms with Crippen LogP contribution in [0.1, 0.15) is 37.8 Å². The predicted molar refractivity (Wildman–Crippen MR) is 114 cm³/mol. The van der Waals surface area contributed by atoms with Crippen molar-refractivity contribution >= 4 is 0 Å². The van der Waals surface area contributed by atoms with Crippen LogP contribution < -0.4 is 10.1 Å². The van der Waals surface area contributed by atoms with Crippen molar-refractivity contribution in [1.82, 2.24) is 10.2 Å². The Morgan fingerprint density at radius 2 is 1.69 bits per heavy atom. The molecule has 1 fully saturated rings. The molecule has 5 heteroatoms. The monoisotopic (exact) mass is 398 g/mol.